The highest BCUT2D eigenvalue weighted by Gasteiger charge is 2.27. The first-order valence-corrected chi connectivity index (χ1v) is 6.77. The Morgan fingerprint density at radius 1 is 1.26 bits per heavy atom. The molecule has 0 aromatic carbocycles. The number of nitrogens with one attached hydrogen (secondary N) is 2. The number of rotatable bonds is 5. The maximum absolute atomic E-state index is 11.6. The van der Waals surface area contributed by atoms with Crippen LogP contribution >= 0.6 is 0 Å². The predicted molar refractivity (Wildman–Crippen MR) is 72.6 cm³/mol. The van der Waals surface area contributed by atoms with Gasteiger partial charge in [0.2, 0.25) is 5.91 Å². The van der Waals surface area contributed by atoms with E-state index in [9.17, 15) is 9.59 Å². The first kappa shape index (κ1) is 15.8. The zero-order valence-corrected chi connectivity index (χ0v) is 12.0. The first-order chi connectivity index (χ1) is 8.76. The van der Waals surface area contributed by atoms with Gasteiger partial charge >= 0.3 is 6.09 Å². The molecule has 110 valence electrons. The van der Waals surface area contributed by atoms with Crippen LogP contribution < -0.4 is 16.4 Å². The summed E-state index contributed by atoms with van der Waals surface area (Å²) < 4.78 is 5.22. The van der Waals surface area contributed by atoms with Crippen LogP contribution in [0.15, 0.2) is 0 Å². The molecule has 0 heterocycles. The van der Waals surface area contributed by atoms with Gasteiger partial charge in [0.05, 0.1) is 0 Å². The molecule has 6 nitrogen and oxygen atoms in total. The van der Waals surface area contributed by atoms with Crippen LogP contribution in [0.1, 0.15) is 46.5 Å². The van der Waals surface area contributed by atoms with E-state index in [1.54, 1.807) is 0 Å². The lowest BCUT2D eigenvalue weighted by Crippen LogP contribution is -2.39. The van der Waals surface area contributed by atoms with Crippen LogP contribution in [0, 0.1) is 0 Å². The molecule has 0 aromatic rings. The van der Waals surface area contributed by atoms with Crippen molar-refractivity contribution in [3.63, 3.8) is 0 Å². The second-order valence-electron chi connectivity index (χ2n) is 6.02. The van der Waals surface area contributed by atoms with Crippen molar-refractivity contribution in [2.24, 2.45) is 5.73 Å². The van der Waals surface area contributed by atoms with E-state index >= 15 is 0 Å². The molecule has 2 amide bonds. The quantitative estimate of drug-likeness (QED) is 0.692. The molecule has 0 aromatic heterocycles. The fourth-order valence-corrected chi connectivity index (χ4v) is 2.17. The minimum Gasteiger partial charge on any atom is -0.444 e. The van der Waals surface area contributed by atoms with Crippen LogP contribution in [0.2, 0.25) is 0 Å². The van der Waals surface area contributed by atoms with Crippen molar-refractivity contribution in [1.82, 2.24) is 10.6 Å². The monoisotopic (exact) mass is 271 g/mol. The van der Waals surface area contributed by atoms with Crippen molar-refractivity contribution < 1.29 is 14.3 Å². The highest BCUT2D eigenvalue weighted by Crippen LogP contribution is 2.19. The Balaban J connectivity index is 2.21. The van der Waals surface area contributed by atoms with E-state index in [1.165, 1.54) is 0 Å². The number of hydrogen-bond acceptors (Lipinski definition) is 4. The normalized spacial score (nSPS) is 23.1. The SMILES string of the molecule is CC(C)(C)OC(=O)NC1CCC(NCCC(N)=O)C1. The van der Waals surface area contributed by atoms with E-state index in [0.717, 1.165) is 19.3 Å². The summed E-state index contributed by atoms with van der Waals surface area (Å²) in [6, 6.07) is 0.472. The molecule has 1 saturated carbocycles. The Bertz CT molecular complexity index is 326. The molecule has 2 atom stereocenters. The molecular formula is C13H25N3O3. The van der Waals surface area contributed by atoms with Crippen molar-refractivity contribution in [3.8, 4) is 0 Å². The molecule has 6 heteroatoms. The number of hydrogen-bond donors (Lipinski definition) is 3. The smallest absolute Gasteiger partial charge is 0.407 e. The Morgan fingerprint density at radius 3 is 2.47 bits per heavy atom. The average Bonchev–Trinajstić information content (AvgIpc) is 2.61. The fraction of sp³-hybridized carbons (Fsp3) is 0.846. The van der Waals surface area contributed by atoms with E-state index < -0.39 is 5.60 Å². The lowest BCUT2D eigenvalue weighted by molar-refractivity contribution is -0.117. The molecule has 1 rings (SSSR count). The van der Waals surface area contributed by atoms with Crippen LogP contribution in [0.25, 0.3) is 0 Å². The third-order valence-electron chi connectivity index (χ3n) is 2.96. The molecule has 1 fully saturated rings. The largest absolute Gasteiger partial charge is 0.444 e. The molecule has 2 unspecified atom stereocenters. The minimum atomic E-state index is -0.470. The molecule has 1 aliphatic rings. The summed E-state index contributed by atoms with van der Waals surface area (Å²) in [5.41, 5.74) is 4.61. The van der Waals surface area contributed by atoms with Crippen molar-refractivity contribution in [2.75, 3.05) is 6.54 Å². The lowest BCUT2D eigenvalue weighted by atomic mass is 10.2. The first-order valence-electron chi connectivity index (χ1n) is 6.77. The topological polar surface area (TPSA) is 93.4 Å². The van der Waals surface area contributed by atoms with Gasteiger partial charge in [0, 0.05) is 25.0 Å². The number of carbonyl (C=O) groups is 2. The molecule has 0 bridgehead atoms. The van der Waals surface area contributed by atoms with Crippen LogP contribution in [0.5, 0.6) is 0 Å². The summed E-state index contributed by atoms with van der Waals surface area (Å²) in [5, 5.41) is 6.14. The maximum atomic E-state index is 11.6. The number of ether oxygens (including phenoxy) is 1. The third kappa shape index (κ3) is 7.00. The highest BCUT2D eigenvalue weighted by atomic mass is 16.6. The van der Waals surface area contributed by atoms with Crippen molar-refractivity contribution >= 4 is 12.0 Å². The van der Waals surface area contributed by atoms with E-state index in [4.69, 9.17) is 10.5 Å². The maximum Gasteiger partial charge on any atom is 0.407 e. The molecule has 1 aliphatic carbocycles. The van der Waals surface area contributed by atoms with Gasteiger partial charge in [0.15, 0.2) is 0 Å². The van der Waals surface area contributed by atoms with Crippen LogP contribution in [-0.2, 0) is 9.53 Å². The Hall–Kier alpha value is -1.30. The number of carbonyl (C=O) groups excluding carboxylic acids is 2. The number of amides is 2. The van der Waals surface area contributed by atoms with Gasteiger partial charge in [-0.3, -0.25) is 4.79 Å². The highest BCUT2D eigenvalue weighted by molar-refractivity contribution is 5.73. The van der Waals surface area contributed by atoms with Crippen LogP contribution in [0.3, 0.4) is 0 Å². The van der Waals surface area contributed by atoms with E-state index in [0.29, 0.717) is 19.0 Å². The Labute approximate surface area is 114 Å². The number of alkyl carbamates (subject to hydrolysis) is 1. The fourth-order valence-electron chi connectivity index (χ4n) is 2.17. The van der Waals surface area contributed by atoms with Crippen LogP contribution in [0.4, 0.5) is 4.79 Å². The van der Waals surface area contributed by atoms with Crippen molar-refractivity contribution in [3.05, 3.63) is 0 Å². The van der Waals surface area contributed by atoms with E-state index in [2.05, 4.69) is 10.6 Å². The van der Waals surface area contributed by atoms with Gasteiger partial charge in [-0.25, -0.2) is 4.79 Å². The third-order valence-corrected chi connectivity index (χ3v) is 2.96. The van der Waals surface area contributed by atoms with Crippen LogP contribution in [-0.4, -0.2) is 36.2 Å². The van der Waals surface area contributed by atoms with Gasteiger partial charge < -0.3 is 21.1 Å². The molecule has 4 N–H and O–H groups in total. The summed E-state index contributed by atoms with van der Waals surface area (Å²) >= 11 is 0. The predicted octanol–water partition coefficient (Wildman–Crippen LogP) is 0.897. The van der Waals surface area contributed by atoms with Gasteiger partial charge in [0.25, 0.3) is 0 Å². The lowest BCUT2D eigenvalue weighted by Gasteiger charge is -2.21. The minimum absolute atomic E-state index is 0.140. The molecule has 0 aliphatic heterocycles. The number of primary amides is 1. The molecule has 0 spiro atoms. The van der Waals surface area contributed by atoms with Gasteiger partial charge in [-0.2, -0.15) is 0 Å². The zero-order valence-electron chi connectivity index (χ0n) is 12.0. The Morgan fingerprint density at radius 2 is 1.89 bits per heavy atom. The summed E-state index contributed by atoms with van der Waals surface area (Å²) in [6.45, 7) is 6.12. The number of nitrogens with two attached hydrogens (primary N) is 1. The zero-order chi connectivity index (χ0) is 14.5. The van der Waals surface area contributed by atoms with Gasteiger partial charge in [-0.1, -0.05) is 0 Å². The van der Waals surface area contributed by atoms with Crippen molar-refractivity contribution in [2.45, 2.75) is 64.1 Å². The summed E-state index contributed by atoms with van der Waals surface area (Å²) in [7, 11) is 0. The molecular weight excluding hydrogens is 246 g/mol. The average molecular weight is 271 g/mol. The molecule has 19 heavy (non-hydrogen) atoms. The summed E-state index contributed by atoms with van der Waals surface area (Å²) in [6.07, 6.45) is 2.75. The molecule has 0 radical (unpaired) electrons. The molecule has 0 saturated heterocycles. The summed E-state index contributed by atoms with van der Waals surface area (Å²) in [5.74, 6) is -0.297. The van der Waals surface area contributed by atoms with Gasteiger partial charge in [-0.05, 0) is 40.0 Å². The summed E-state index contributed by atoms with van der Waals surface area (Å²) in [4.78, 5) is 22.2. The van der Waals surface area contributed by atoms with Gasteiger partial charge in [0.1, 0.15) is 5.60 Å². The van der Waals surface area contributed by atoms with E-state index in [1.807, 2.05) is 20.8 Å². The second kappa shape index (κ2) is 6.75. The Kier molecular flexibility index (Phi) is 5.60. The second-order valence-corrected chi connectivity index (χ2v) is 6.02. The van der Waals surface area contributed by atoms with E-state index in [-0.39, 0.29) is 18.0 Å². The van der Waals surface area contributed by atoms with Crippen molar-refractivity contribution in [1.29, 1.82) is 0 Å². The van der Waals surface area contributed by atoms with Gasteiger partial charge in [-0.15, -0.1) is 0 Å². The standard InChI is InChI=1S/C13H25N3O3/c1-13(2,3)19-12(18)16-10-5-4-9(8-10)15-7-6-11(14)17/h9-10,15H,4-8H2,1-3H3,(H2,14,17)(H,16,18).